The zero-order valence-corrected chi connectivity index (χ0v) is 19.0. The highest BCUT2D eigenvalue weighted by Gasteiger charge is 2.21. The van der Waals surface area contributed by atoms with Gasteiger partial charge in [-0.1, -0.05) is 11.6 Å². The quantitative estimate of drug-likeness (QED) is 0.507. The van der Waals surface area contributed by atoms with Gasteiger partial charge in [0.25, 0.3) is 0 Å². The van der Waals surface area contributed by atoms with Crippen molar-refractivity contribution < 1.29 is 18.7 Å². The lowest BCUT2D eigenvalue weighted by Crippen LogP contribution is -2.36. The van der Waals surface area contributed by atoms with E-state index in [1.54, 1.807) is 11.3 Å². The van der Waals surface area contributed by atoms with Gasteiger partial charge in [0.1, 0.15) is 18.1 Å². The van der Waals surface area contributed by atoms with Crippen LogP contribution in [0.2, 0.25) is 5.02 Å². The molecule has 3 heterocycles. The molecule has 0 atom stereocenters. The number of furan rings is 1. The molecule has 1 aromatic carbocycles. The lowest BCUT2D eigenvalue weighted by molar-refractivity contribution is -0.142. The fraction of sp³-hybridized carbons (Fsp3) is 0.391. The SMILES string of the molecule is CC(=O)OCc1ccc(CN2CCCN(C(=O)Cc3csc4ccc(Cl)cc34)CC2)o1. The molecule has 1 saturated heterocycles. The number of halogens is 1. The van der Waals surface area contributed by atoms with Gasteiger partial charge >= 0.3 is 5.97 Å². The van der Waals surface area contributed by atoms with Gasteiger partial charge in [-0.3, -0.25) is 14.5 Å². The molecule has 4 rings (SSSR count). The molecule has 0 spiro atoms. The van der Waals surface area contributed by atoms with Gasteiger partial charge in [0.15, 0.2) is 0 Å². The van der Waals surface area contributed by atoms with E-state index < -0.39 is 0 Å². The van der Waals surface area contributed by atoms with Crippen molar-refractivity contribution in [2.75, 3.05) is 26.2 Å². The van der Waals surface area contributed by atoms with Gasteiger partial charge in [0.2, 0.25) is 5.91 Å². The fourth-order valence-electron chi connectivity index (χ4n) is 3.82. The number of ether oxygens (including phenoxy) is 1. The minimum atomic E-state index is -0.325. The van der Waals surface area contributed by atoms with Crippen LogP contribution in [0, 0.1) is 0 Å². The third kappa shape index (κ3) is 5.67. The molecule has 164 valence electrons. The molecule has 1 aliphatic rings. The lowest BCUT2D eigenvalue weighted by Gasteiger charge is -2.21. The van der Waals surface area contributed by atoms with Crippen LogP contribution in [0.4, 0.5) is 0 Å². The van der Waals surface area contributed by atoms with Crippen molar-refractivity contribution >= 4 is 44.9 Å². The number of hydrogen-bond donors (Lipinski definition) is 0. The normalized spacial score (nSPS) is 15.2. The molecule has 6 nitrogen and oxygen atoms in total. The molecule has 2 aromatic heterocycles. The summed E-state index contributed by atoms with van der Waals surface area (Å²) < 4.78 is 11.9. The Labute approximate surface area is 190 Å². The van der Waals surface area contributed by atoms with Crippen LogP contribution >= 0.6 is 22.9 Å². The van der Waals surface area contributed by atoms with Crippen LogP contribution in [0.15, 0.2) is 40.1 Å². The number of hydrogen-bond acceptors (Lipinski definition) is 6. The van der Waals surface area contributed by atoms with Gasteiger partial charge < -0.3 is 14.1 Å². The van der Waals surface area contributed by atoms with E-state index in [0.29, 0.717) is 30.3 Å². The monoisotopic (exact) mass is 460 g/mol. The Kier molecular flexibility index (Phi) is 6.95. The van der Waals surface area contributed by atoms with Crippen molar-refractivity contribution in [2.24, 2.45) is 0 Å². The fourth-order valence-corrected chi connectivity index (χ4v) is 4.94. The summed E-state index contributed by atoms with van der Waals surface area (Å²) in [5.74, 6) is 1.31. The maximum Gasteiger partial charge on any atom is 0.303 e. The van der Waals surface area contributed by atoms with Crippen LogP contribution in [0.25, 0.3) is 10.1 Å². The van der Waals surface area contributed by atoms with Gasteiger partial charge in [-0.25, -0.2) is 0 Å². The van der Waals surface area contributed by atoms with E-state index in [1.165, 1.54) is 6.92 Å². The van der Waals surface area contributed by atoms with Gasteiger partial charge in [0.05, 0.1) is 13.0 Å². The molecule has 0 radical (unpaired) electrons. The van der Waals surface area contributed by atoms with Crippen LogP contribution < -0.4 is 0 Å². The van der Waals surface area contributed by atoms with E-state index in [4.69, 9.17) is 20.8 Å². The zero-order valence-electron chi connectivity index (χ0n) is 17.4. The second-order valence-electron chi connectivity index (χ2n) is 7.74. The summed E-state index contributed by atoms with van der Waals surface area (Å²) in [4.78, 5) is 28.1. The number of rotatable bonds is 6. The standard InChI is InChI=1S/C23H25ClN2O4S/c1-16(27)29-14-20-5-4-19(30-20)13-25-7-2-8-26(10-9-25)23(28)11-17-15-31-22-6-3-18(24)12-21(17)22/h3-6,12,15H,2,7-11,13-14H2,1H3. The summed E-state index contributed by atoms with van der Waals surface area (Å²) in [5.41, 5.74) is 1.05. The van der Waals surface area contributed by atoms with Gasteiger partial charge in [0, 0.05) is 42.8 Å². The van der Waals surface area contributed by atoms with E-state index >= 15 is 0 Å². The molecular formula is C23H25ClN2O4S. The summed E-state index contributed by atoms with van der Waals surface area (Å²) >= 11 is 7.79. The van der Waals surface area contributed by atoms with Crippen molar-refractivity contribution in [2.45, 2.75) is 32.9 Å². The molecule has 0 saturated carbocycles. The first kappa shape index (κ1) is 21.9. The van der Waals surface area contributed by atoms with Crippen LogP contribution in [0.1, 0.15) is 30.4 Å². The molecule has 1 amide bonds. The van der Waals surface area contributed by atoms with Gasteiger partial charge in [-0.05, 0) is 53.1 Å². The number of carbonyl (C=O) groups excluding carboxylic acids is 2. The van der Waals surface area contributed by atoms with Crippen molar-refractivity contribution in [3.05, 3.63) is 57.8 Å². The largest absolute Gasteiger partial charge is 0.461 e. The Morgan fingerprint density at radius 3 is 2.81 bits per heavy atom. The van der Waals surface area contributed by atoms with Crippen LogP contribution in [0.3, 0.4) is 0 Å². The molecule has 3 aromatic rings. The molecule has 1 aliphatic heterocycles. The molecule has 0 bridgehead atoms. The number of esters is 1. The first-order chi connectivity index (χ1) is 15.0. The van der Waals surface area contributed by atoms with Gasteiger partial charge in [-0.15, -0.1) is 11.3 Å². The molecule has 0 aliphatic carbocycles. The Balaban J connectivity index is 1.31. The third-order valence-electron chi connectivity index (χ3n) is 5.41. The Morgan fingerprint density at radius 1 is 1.13 bits per heavy atom. The van der Waals surface area contributed by atoms with E-state index in [1.807, 2.05) is 35.2 Å². The highest BCUT2D eigenvalue weighted by atomic mass is 35.5. The maximum absolute atomic E-state index is 13.0. The third-order valence-corrected chi connectivity index (χ3v) is 6.66. The number of thiophene rings is 1. The predicted molar refractivity (Wildman–Crippen MR) is 121 cm³/mol. The van der Waals surface area contributed by atoms with E-state index in [-0.39, 0.29) is 18.5 Å². The highest BCUT2D eigenvalue weighted by molar-refractivity contribution is 7.17. The summed E-state index contributed by atoms with van der Waals surface area (Å²) in [7, 11) is 0. The molecule has 0 unspecified atom stereocenters. The summed E-state index contributed by atoms with van der Waals surface area (Å²) in [6.45, 7) is 5.36. The first-order valence-electron chi connectivity index (χ1n) is 10.3. The number of fused-ring (bicyclic) bond motifs is 1. The topological polar surface area (TPSA) is 63.0 Å². The average molecular weight is 461 g/mol. The van der Waals surface area contributed by atoms with Crippen molar-refractivity contribution in [3.8, 4) is 0 Å². The summed E-state index contributed by atoms with van der Waals surface area (Å²) in [6.07, 6.45) is 1.32. The predicted octanol–water partition coefficient (Wildman–Crippen LogP) is 4.49. The van der Waals surface area contributed by atoms with Crippen molar-refractivity contribution in [1.29, 1.82) is 0 Å². The molecular weight excluding hydrogens is 436 g/mol. The Hall–Kier alpha value is -2.35. The van der Waals surface area contributed by atoms with E-state index in [0.717, 1.165) is 47.5 Å². The van der Waals surface area contributed by atoms with Crippen LogP contribution in [-0.2, 0) is 33.9 Å². The first-order valence-corrected chi connectivity index (χ1v) is 11.6. The van der Waals surface area contributed by atoms with E-state index in [9.17, 15) is 9.59 Å². The summed E-state index contributed by atoms with van der Waals surface area (Å²) in [6, 6.07) is 9.59. The van der Waals surface area contributed by atoms with Crippen molar-refractivity contribution in [1.82, 2.24) is 9.80 Å². The van der Waals surface area contributed by atoms with E-state index in [2.05, 4.69) is 10.3 Å². The molecule has 8 heteroatoms. The average Bonchev–Trinajstić information content (AvgIpc) is 3.27. The lowest BCUT2D eigenvalue weighted by atomic mass is 10.1. The maximum atomic E-state index is 13.0. The van der Waals surface area contributed by atoms with Crippen molar-refractivity contribution in [3.63, 3.8) is 0 Å². The minimum Gasteiger partial charge on any atom is -0.461 e. The van der Waals surface area contributed by atoms with Gasteiger partial charge in [-0.2, -0.15) is 0 Å². The molecule has 1 fully saturated rings. The number of amides is 1. The molecule has 0 N–H and O–H groups in total. The minimum absolute atomic E-state index is 0.153. The second kappa shape index (κ2) is 9.85. The summed E-state index contributed by atoms with van der Waals surface area (Å²) in [5, 5.41) is 3.83. The number of carbonyl (C=O) groups is 2. The molecule has 31 heavy (non-hydrogen) atoms. The highest BCUT2D eigenvalue weighted by Crippen LogP contribution is 2.29. The zero-order chi connectivity index (χ0) is 21.8. The Morgan fingerprint density at radius 2 is 1.97 bits per heavy atom. The number of nitrogens with zero attached hydrogens (tertiary/aromatic N) is 2. The Bertz CT molecular complexity index is 1080. The van der Waals surface area contributed by atoms with Crippen LogP contribution in [-0.4, -0.2) is 47.9 Å². The number of benzene rings is 1. The van der Waals surface area contributed by atoms with Crippen LogP contribution in [0.5, 0.6) is 0 Å². The second-order valence-corrected chi connectivity index (χ2v) is 9.08. The smallest absolute Gasteiger partial charge is 0.303 e.